The molecular weight excluding hydrogens is 398 g/mol. The van der Waals surface area contributed by atoms with Crippen LogP contribution in [0, 0.1) is 0 Å². The molecule has 4 rings (SSSR count). The van der Waals surface area contributed by atoms with Crippen molar-refractivity contribution >= 4 is 34.3 Å². The van der Waals surface area contributed by atoms with Crippen molar-refractivity contribution in [2.75, 3.05) is 43.9 Å². The van der Waals surface area contributed by atoms with Crippen molar-refractivity contribution in [1.29, 1.82) is 0 Å². The van der Waals surface area contributed by atoms with Crippen molar-refractivity contribution in [3.05, 3.63) is 65.0 Å². The van der Waals surface area contributed by atoms with Crippen molar-refractivity contribution in [3.63, 3.8) is 0 Å². The van der Waals surface area contributed by atoms with Crippen LogP contribution >= 0.6 is 11.8 Å². The third kappa shape index (κ3) is 4.16. The van der Waals surface area contributed by atoms with Gasteiger partial charge in [-0.3, -0.25) is 9.59 Å². The summed E-state index contributed by atoms with van der Waals surface area (Å²) in [6.45, 7) is 3.00. The van der Waals surface area contributed by atoms with E-state index in [2.05, 4.69) is 4.90 Å². The Labute approximate surface area is 180 Å². The van der Waals surface area contributed by atoms with Crippen LogP contribution < -0.4 is 15.2 Å². The zero-order chi connectivity index (χ0) is 21.1. The van der Waals surface area contributed by atoms with E-state index < -0.39 is 0 Å². The number of para-hydroxylation sites is 1. The van der Waals surface area contributed by atoms with Crippen LogP contribution in [0.3, 0.4) is 0 Å². The number of pyridine rings is 1. The van der Waals surface area contributed by atoms with E-state index in [1.165, 1.54) is 11.8 Å². The number of methoxy groups -OCH3 is 1. The van der Waals surface area contributed by atoms with Crippen LogP contribution in [0.5, 0.6) is 5.75 Å². The Balaban J connectivity index is 1.37. The summed E-state index contributed by atoms with van der Waals surface area (Å²) >= 11 is 1.44. The van der Waals surface area contributed by atoms with Crippen LogP contribution in [0.4, 0.5) is 5.69 Å². The zero-order valence-corrected chi connectivity index (χ0v) is 18.0. The molecular formula is C23H25N3O3S. The first kappa shape index (κ1) is 20.3. The van der Waals surface area contributed by atoms with Crippen molar-refractivity contribution in [2.24, 2.45) is 7.05 Å². The lowest BCUT2D eigenvalue weighted by Gasteiger charge is -2.36. The Morgan fingerprint density at radius 1 is 1.03 bits per heavy atom. The highest BCUT2D eigenvalue weighted by atomic mass is 32.2. The highest BCUT2D eigenvalue weighted by molar-refractivity contribution is 8.00. The number of carbonyl (C=O) groups is 1. The van der Waals surface area contributed by atoms with Gasteiger partial charge in [0.1, 0.15) is 5.75 Å². The van der Waals surface area contributed by atoms with Gasteiger partial charge in [-0.1, -0.05) is 18.2 Å². The smallest absolute Gasteiger partial charge is 0.251 e. The molecule has 1 aliphatic rings. The van der Waals surface area contributed by atoms with Gasteiger partial charge >= 0.3 is 0 Å². The number of carbonyl (C=O) groups excluding carboxylic acids is 1. The number of benzene rings is 2. The van der Waals surface area contributed by atoms with Crippen LogP contribution in [0.1, 0.15) is 0 Å². The molecule has 1 saturated heterocycles. The zero-order valence-electron chi connectivity index (χ0n) is 17.2. The van der Waals surface area contributed by atoms with E-state index in [4.69, 9.17) is 4.74 Å². The fourth-order valence-electron chi connectivity index (χ4n) is 3.74. The first-order chi connectivity index (χ1) is 14.6. The van der Waals surface area contributed by atoms with Crippen LogP contribution in [0.15, 0.2) is 64.3 Å². The van der Waals surface area contributed by atoms with E-state index in [9.17, 15) is 9.59 Å². The first-order valence-electron chi connectivity index (χ1n) is 9.95. The predicted molar refractivity (Wildman–Crippen MR) is 122 cm³/mol. The SMILES string of the molecule is COc1ccc(N2CCN(C(=O)CSc3cc(=O)n(C)c4ccccc34)CC2)cc1. The van der Waals surface area contributed by atoms with Crippen molar-refractivity contribution in [1.82, 2.24) is 9.47 Å². The second-order valence-electron chi connectivity index (χ2n) is 7.28. The second kappa shape index (κ2) is 8.83. The molecule has 7 heteroatoms. The fourth-order valence-corrected chi connectivity index (χ4v) is 4.71. The molecule has 2 heterocycles. The molecule has 0 N–H and O–H groups in total. The molecule has 30 heavy (non-hydrogen) atoms. The average molecular weight is 424 g/mol. The molecule has 1 aromatic heterocycles. The lowest BCUT2D eigenvalue weighted by Crippen LogP contribution is -2.49. The van der Waals surface area contributed by atoms with Crippen LogP contribution in [0.25, 0.3) is 10.9 Å². The van der Waals surface area contributed by atoms with Gasteiger partial charge in [0.15, 0.2) is 0 Å². The summed E-state index contributed by atoms with van der Waals surface area (Å²) in [7, 11) is 3.43. The standard InChI is InChI=1S/C23H25N3O3S/c1-24-20-6-4-3-5-19(20)21(15-22(24)27)30-16-23(28)26-13-11-25(12-14-26)17-7-9-18(29-2)10-8-17/h3-10,15H,11-14,16H2,1-2H3. The number of nitrogens with zero attached hydrogens (tertiary/aromatic N) is 3. The van der Waals surface area contributed by atoms with Crippen molar-refractivity contribution in [3.8, 4) is 5.75 Å². The molecule has 1 amide bonds. The highest BCUT2D eigenvalue weighted by Crippen LogP contribution is 2.27. The molecule has 0 bridgehead atoms. The highest BCUT2D eigenvalue weighted by Gasteiger charge is 2.21. The van der Waals surface area contributed by atoms with Gasteiger partial charge < -0.3 is 19.1 Å². The molecule has 2 aromatic carbocycles. The number of thioether (sulfide) groups is 1. The molecule has 0 aliphatic carbocycles. The van der Waals surface area contributed by atoms with Crippen molar-refractivity contribution < 1.29 is 9.53 Å². The van der Waals surface area contributed by atoms with E-state index in [1.54, 1.807) is 24.8 Å². The molecule has 3 aromatic rings. The van der Waals surface area contributed by atoms with Crippen LogP contribution in [0.2, 0.25) is 0 Å². The number of hydrogen-bond donors (Lipinski definition) is 0. The van der Waals surface area contributed by atoms with Gasteiger partial charge in [-0.25, -0.2) is 0 Å². The van der Waals surface area contributed by atoms with E-state index >= 15 is 0 Å². The number of piperazine rings is 1. The Morgan fingerprint density at radius 3 is 2.43 bits per heavy atom. The van der Waals surface area contributed by atoms with Crippen molar-refractivity contribution in [2.45, 2.75) is 4.90 Å². The maximum atomic E-state index is 12.8. The van der Waals surface area contributed by atoms with Gasteiger partial charge in [-0.15, -0.1) is 11.8 Å². The molecule has 6 nitrogen and oxygen atoms in total. The van der Waals surface area contributed by atoms with E-state index in [1.807, 2.05) is 53.4 Å². The summed E-state index contributed by atoms with van der Waals surface area (Å²) in [6, 6.07) is 17.4. The average Bonchev–Trinajstić information content (AvgIpc) is 2.80. The summed E-state index contributed by atoms with van der Waals surface area (Å²) in [5.74, 6) is 1.28. The monoisotopic (exact) mass is 423 g/mol. The maximum Gasteiger partial charge on any atom is 0.251 e. The van der Waals surface area contributed by atoms with E-state index in [0.717, 1.165) is 40.3 Å². The lowest BCUT2D eigenvalue weighted by atomic mass is 10.2. The Kier molecular flexibility index (Phi) is 5.99. The maximum absolute atomic E-state index is 12.8. The number of aromatic nitrogens is 1. The number of hydrogen-bond acceptors (Lipinski definition) is 5. The second-order valence-corrected chi connectivity index (χ2v) is 8.29. The number of rotatable bonds is 5. The summed E-state index contributed by atoms with van der Waals surface area (Å²) in [4.78, 5) is 30.1. The predicted octanol–water partition coefficient (Wildman–Crippen LogP) is 2.99. The van der Waals surface area contributed by atoms with Gasteiger partial charge in [0.2, 0.25) is 5.91 Å². The molecule has 0 radical (unpaired) electrons. The fraction of sp³-hybridized carbons (Fsp3) is 0.304. The molecule has 0 saturated carbocycles. The molecule has 1 aliphatic heterocycles. The van der Waals surface area contributed by atoms with Gasteiger partial charge in [-0.2, -0.15) is 0 Å². The summed E-state index contributed by atoms with van der Waals surface area (Å²) < 4.78 is 6.85. The number of fused-ring (bicyclic) bond motifs is 1. The van der Waals surface area contributed by atoms with Crippen LogP contribution in [-0.2, 0) is 11.8 Å². The van der Waals surface area contributed by atoms with Gasteiger partial charge in [-0.05, 0) is 30.3 Å². The number of aryl methyl sites for hydroxylation is 1. The van der Waals surface area contributed by atoms with Gasteiger partial charge in [0.25, 0.3) is 5.56 Å². The third-order valence-corrected chi connectivity index (χ3v) is 6.58. The Hall–Kier alpha value is -2.93. The minimum absolute atomic E-state index is 0.0586. The topological polar surface area (TPSA) is 54.8 Å². The van der Waals surface area contributed by atoms with Gasteiger partial charge in [0, 0.05) is 55.3 Å². The summed E-state index contributed by atoms with van der Waals surface area (Å²) in [5, 5.41) is 1.00. The minimum atomic E-state index is -0.0586. The van der Waals surface area contributed by atoms with Gasteiger partial charge in [0.05, 0.1) is 18.4 Å². The molecule has 0 spiro atoms. The normalized spacial score (nSPS) is 14.2. The molecule has 0 unspecified atom stereocenters. The first-order valence-corrected chi connectivity index (χ1v) is 10.9. The Morgan fingerprint density at radius 2 is 1.73 bits per heavy atom. The van der Waals surface area contributed by atoms with E-state index in [-0.39, 0.29) is 11.5 Å². The third-order valence-electron chi connectivity index (χ3n) is 5.54. The molecule has 1 fully saturated rings. The van der Waals surface area contributed by atoms with E-state index in [0.29, 0.717) is 18.8 Å². The van der Waals surface area contributed by atoms with Crippen LogP contribution in [-0.4, -0.2) is 54.4 Å². The Bertz CT molecular complexity index is 1100. The molecule has 156 valence electrons. The summed E-state index contributed by atoms with van der Waals surface area (Å²) in [5.41, 5.74) is 1.97. The minimum Gasteiger partial charge on any atom is -0.497 e. The lowest BCUT2D eigenvalue weighted by molar-refractivity contribution is -0.128. The molecule has 0 atom stereocenters. The number of ether oxygens (including phenoxy) is 1. The largest absolute Gasteiger partial charge is 0.497 e. The summed E-state index contributed by atoms with van der Waals surface area (Å²) in [6.07, 6.45) is 0. The quantitative estimate of drug-likeness (QED) is 0.591. The number of anilines is 1. The number of amides is 1.